The molecule has 0 radical (unpaired) electrons. The van der Waals surface area contributed by atoms with E-state index in [-0.39, 0.29) is 11.9 Å². The fraction of sp³-hybridized carbons (Fsp3) is 0.400. The maximum absolute atomic E-state index is 13.6. The number of hydrogen-bond donors (Lipinski definition) is 1. The summed E-state index contributed by atoms with van der Waals surface area (Å²) in [4.78, 5) is 0. The zero-order valence-electron chi connectivity index (χ0n) is 8.18. The molecule has 0 bridgehead atoms. The van der Waals surface area contributed by atoms with E-state index in [1.165, 1.54) is 7.11 Å². The van der Waals surface area contributed by atoms with Crippen LogP contribution < -0.4 is 10.5 Å². The van der Waals surface area contributed by atoms with Gasteiger partial charge in [-0.15, -0.1) is 0 Å². The summed E-state index contributed by atoms with van der Waals surface area (Å²) in [6.07, 6.45) is 0.522. The van der Waals surface area contributed by atoms with Crippen molar-refractivity contribution in [2.45, 2.75) is 19.4 Å². The van der Waals surface area contributed by atoms with Crippen molar-refractivity contribution in [3.8, 4) is 5.75 Å². The van der Waals surface area contributed by atoms with Gasteiger partial charge in [-0.3, -0.25) is 0 Å². The maximum atomic E-state index is 13.6. The molecule has 0 heterocycles. The predicted molar refractivity (Wildman–Crippen MR) is 58.0 cm³/mol. The van der Waals surface area contributed by atoms with Crippen molar-refractivity contribution in [3.05, 3.63) is 28.0 Å². The molecule has 1 unspecified atom stereocenters. The van der Waals surface area contributed by atoms with E-state index >= 15 is 0 Å². The van der Waals surface area contributed by atoms with Crippen LogP contribution in [0.3, 0.4) is 0 Å². The summed E-state index contributed by atoms with van der Waals surface area (Å²) in [6.45, 7) is 1.84. The summed E-state index contributed by atoms with van der Waals surface area (Å²) >= 11 is 3.14. The molecule has 14 heavy (non-hydrogen) atoms. The smallest absolute Gasteiger partial charge is 0.144 e. The van der Waals surface area contributed by atoms with Gasteiger partial charge in [0.1, 0.15) is 11.6 Å². The number of nitrogens with two attached hydrogens (primary N) is 1. The van der Waals surface area contributed by atoms with Crippen LogP contribution >= 0.6 is 15.9 Å². The van der Waals surface area contributed by atoms with Crippen molar-refractivity contribution in [1.29, 1.82) is 0 Å². The van der Waals surface area contributed by atoms with E-state index in [9.17, 15) is 4.39 Å². The molecule has 1 rings (SSSR count). The van der Waals surface area contributed by atoms with Crippen LogP contribution in [0, 0.1) is 5.82 Å². The molecule has 2 nitrogen and oxygen atoms in total. The van der Waals surface area contributed by atoms with Gasteiger partial charge in [0.25, 0.3) is 0 Å². The quantitative estimate of drug-likeness (QED) is 0.908. The Morgan fingerprint density at radius 1 is 1.57 bits per heavy atom. The number of halogens is 2. The van der Waals surface area contributed by atoms with Gasteiger partial charge in [0, 0.05) is 6.04 Å². The molecular weight excluding hydrogens is 249 g/mol. The number of benzene rings is 1. The molecule has 0 aliphatic carbocycles. The first-order chi connectivity index (χ1) is 6.56. The number of ether oxygens (including phenoxy) is 1. The Morgan fingerprint density at radius 2 is 2.21 bits per heavy atom. The number of methoxy groups -OCH3 is 1. The molecule has 0 amide bonds. The fourth-order valence-electron chi connectivity index (χ4n) is 1.23. The summed E-state index contributed by atoms with van der Waals surface area (Å²) in [5, 5.41) is 0. The van der Waals surface area contributed by atoms with Crippen LogP contribution in [0.15, 0.2) is 16.6 Å². The summed E-state index contributed by atoms with van der Waals surface area (Å²) in [6, 6.07) is 3.37. The second-order valence-corrected chi connectivity index (χ2v) is 4.03. The Kier molecular flexibility index (Phi) is 3.89. The zero-order chi connectivity index (χ0) is 10.7. The Bertz CT molecular complexity index is 328. The lowest BCUT2D eigenvalue weighted by molar-refractivity contribution is 0.407. The van der Waals surface area contributed by atoms with Gasteiger partial charge in [-0.05, 0) is 40.9 Å². The van der Waals surface area contributed by atoms with Crippen LogP contribution in [0.5, 0.6) is 5.75 Å². The molecular formula is C10H13BrFNO. The minimum absolute atomic E-state index is 0.0511. The first-order valence-electron chi connectivity index (χ1n) is 4.32. The van der Waals surface area contributed by atoms with Gasteiger partial charge in [0.05, 0.1) is 11.6 Å². The van der Waals surface area contributed by atoms with Crippen molar-refractivity contribution in [3.63, 3.8) is 0 Å². The highest BCUT2D eigenvalue weighted by Gasteiger charge is 2.12. The minimum atomic E-state index is -0.290. The molecule has 1 atom stereocenters. The van der Waals surface area contributed by atoms with Crippen LogP contribution in [0.25, 0.3) is 0 Å². The first kappa shape index (κ1) is 11.5. The lowest BCUT2D eigenvalue weighted by Crippen LogP contribution is -2.18. The highest BCUT2D eigenvalue weighted by Crippen LogP contribution is 2.29. The van der Waals surface area contributed by atoms with E-state index < -0.39 is 0 Å². The third-order valence-corrected chi connectivity index (χ3v) is 2.63. The molecule has 0 aliphatic rings. The summed E-state index contributed by atoms with van der Waals surface area (Å²) in [5.74, 6) is 0.206. The van der Waals surface area contributed by atoms with Gasteiger partial charge in [-0.2, -0.15) is 0 Å². The second kappa shape index (κ2) is 4.75. The molecule has 78 valence electrons. The van der Waals surface area contributed by atoms with E-state index in [4.69, 9.17) is 10.5 Å². The predicted octanol–water partition coefficient (Wildman–Crippen LogP) is 2.49. The van der Waals surface area contributed by atoms with Gasteiger partial charge in [-0.25, -0.2) is 4.39 Å². The van der Waals surface area contributed by atoms with E-state index in [1.807, 2.05) is 6.92 Å². The van der Waals surface area contributed by atoms with Gasteiger partial charge < -0.3 is 10.5 Å². The Labute approximate surface area is 91.4 Å². The highest BCUT2D eigenvalue weighted by atomic mass is 79.9. The van der Waals surface area contributed by atoms with Gasteiger partial charge in [0.15, 0.2) is 0 Å². The van der Waals surface area contributed by atoms with Crippen molar-refractivity contribution < 1.29 is 9.13 Å². The van der Waals surface area contributed by atoms with Crippen LogP contribution in [0.1, 0.15) is 12.5 Å². The summed E-state index contributed by atoms with van der Waals surface area (Å²) in [5.41, 5.74) is 6.21. The third-order valence-electron chi connectivity index (χ3n) is 1.89. The molecule has 0 saturated carbocycles. The molecule has 0 saturated heterocycles. The van der Waals surface area contributed by atoms with Gasteiger partial charge >= 0.3 is 0 Å². The largest absolute Gasteiger partial charge is 0.495 e. The highest BCUT2D eigenvalue weighted by molar-refractivity contribution is 9.10. The van der Waals surface area contributed by atoms with Crippen molar-refractivity contribution in [2.24, 2.45) is 5.73 Å². The van der Waals surface area contributed by atoms with Crippen molar-refractivity contribution in [1.82, 2.24) is 0 Å². The van der Waals surface area contributed by atoms with Gasteiger partial charge in [0.2, 0.25) is 0 Å². The van der Waals surface area contributed by atoms with Crippen molar-refractivity contribution >= 4 is 15.9 Å². The van der Waals surface area contributed by atoms with Crippen LogP contribution in [-0.2, 0) is 6.42 Å². The molecule has 0 aliphatic heterocycles. The maximum Gasteiger partial charge on any atom is 0.144 e. The SMILES string of the molecule is COc1ccc(CC(C)N)c(F)c1Br. The molecule has 2 N–H and O–H groups in total. The Hall–Kier alpha value is -0.610. The lowest BCUT2D eigenvalue weighted by Gasteiger charge is -2.10. The fourth-order valence-corrected chi connectivity index (χ4v) is 1.78. The summed E-state index contributed by atoms with van der Waals surface area (Å²) < 4.78 is 19.0. The first-order valence-corrected chi connectivity index (χ1v) is 5.12. The average Bonchev–Trinajstić information content (AvgIpc) is 2.13. The molecule has 1 aromatic rings. The lowest BCUT2D eigenvalue weighted by atomic mass is 10.1. The average molecular weight is 262 g/mol. The number of rotatable bonds is 3. The Morgan fingerprint density at radius 3 is 2.71 bits per heavy atom. The van der Waals surface area contributed by atoms with E-state index in [0.29, 0.717) is 22.2 Å². The minimum Gasteiger partial charge on any atom is -0.495 e. The normalized spacial score (nSPS) is 12.6. The van der Waals surface area contributed by atoms with E-state index in [2.05, 4.69) is 15.9 Å². The topological polar surface area (TPSA) is 35.2 Å². The molecule has 0 fully saturated rings. The van der Waals surface area contributed by atoms with Crippen LogP contribution in [0.2, 0.25) is 0 Å². The standard InChI is InChI=1S/C10H13BrFNO/c1-6(13)5-7-3-4-8(14-2)9(11)10(7)12/h3-4,6H,5,13H2,1-2H3. The van der Waals surface area contributed by atoms with E-state index in [0.717, 1.165) is 0 Å². The van der Waals surface area contributed by atoms with E-state index in [1.54, 1.807) is 12.1 Å². The second-order valence-electron chi connectivity index (χ2n) is 3.24. The zero-order valence-corrected chi connectivity index (χ0v) is 9.77. The van der Waals surface area contributed by atoms with Crippen LogP contribution in [0.4, 0.5) is 4.39 Å². The number of hydrogen-bond acceptors (Lipinski definition) is 2. The third kappa shape index (κ3) is 2.45. The van der Waals surface area contributed by atoms with Gasteiger partial charge in [-0.1, -0.05) is 6.07 Å². The Balaban J connectivity index is 3.04. The monoisotopic (exact) mass is 261 g/mol. The molecule has 0 spiro atoms. The van der Waals surface area contributed by atoms with Crippen LogP contribution in [-0.4, -0.2) is 13.2 Å². The summed E-state index contributed by atoms with van der Waals surface area (Å²) in [7, 11) is 1.50. The molecule has 4 heteroatoms. The molecule has 1 aromatic carbocycles. The molecule has 0 aromatic heterocycles. The van der Waals surface area contributed by atoms with Crippen molar-refractivity contribution in [2.75, 3.05) is 7.11 Å².